The van der Waals surface area contributed by atoms with Crippen LogP contribution in [0.3, 0.4) is 0 Å². The number of nitrogens with zero attached hydrogens (tertiary/aromatic N) is 2. The molecule has 1 N–H and O–H groups in total. The minimum Gasteiger partial charge on any atom is -0.451 e. The first-order chi connectivity index (χ1) is 14.1. The highest BCUT2D eigenvalue weighted by atomic mass is 32.1. The summed E-state index contributed by atoms with van der Waals surface area (Å²) >= 11 is 2.94. The van der Waals surface area contributed by atoms with Crippen LogP contribution in [0.2, 0.25) is 0 Å². The number of thiophene rings is 1. The molecule has 1 fully saturated rings. The molecule has 0 unspecified atom stereocenters. The van der Waals surface area contributed by atoms with Crippen molar-refractivity contribution >= 4 is 45.9 Å². The topological polar surface area (TPSA) is 71.5 Å². The van der Waals surface area contributed by atoms with E-state index in [-0.39, 0.29) is 18.2 Å². The average Bonchev–Trinajstić information content (AvgIpc) is 3.49. The minimum absolute atomic E-state index is 0.220. The van der Waals surface area contributed by atoms with Crippen molar-refractivity contribution in [3.8, 4) is 9.88 Å². The van der Waals surface area contributed by atoms with Crippen LogP contribution in [0.25, 0.3) is 9.88 Å². The van der Waals surface area contributed by atoms with Crippen LogP contribution < -0.4 is 10.2 Å². The molecule has 0 spiro atoms. The Morgan fingerprint density at radius 1 is 1.21 bits per heavy atom. The number of esters is 1. The summed E-state index contributed by atoms with van der Waals surface area (Å²) in [6, 6.07) is 9.87. The van der Waals surface area contributed by atoms with Gasteiger partial charge in [-0.15, -0.1) is 22.7 Å². The number of aryl methyl sites for hydroxylation is 1. The number of anilines is 2. The van der Waals surface area contributed by atoms with Gasteiger partial charge in [-0.1, -0.05) is 6.07 Å². The number of hydrogen-bond donors (Lipinski definition) is 1. The molecule has 1 aromatic carbocycles. The average molecular weight is 428 g/mol. The summed E-state index contributed by atoms with van der Waals surface area (Å²) in [5.41, 5.74) is 3.10. The fourth-order valence-corrected chi connectivity index (χ4v) is 4.84. The zero-order valence-electron chi connectivity index (χ0n) is 16.0. The van der Waals surface area contributed by atoms with Crippen LogP contribution in [-0.4, -0.2) is 36.6 Å². The van der Waals surface area contributed by atoms with Crippen LogP contribution in [0.5, 0.6) is 0 Å². The van der Waals surface area contributed by atoms with Gasteiger partial charge in [0.05, 0.1) is 4.88 Å². The largest absolute Gasteiger partial charge is 0.451 e. The van der Waals surface area contributed by atoms with E-state index in [0.29, 0.717) is 0 Å². The van der Waals surface area contributed by atoms with Crippen LogP contribution >= 0.6 is 22.7 Å². The lowest BCUT2D eigenvalue weighted by atomic mass is 10.1. The second-order valence-electron chi connectivity index (χ2n) is 6.83. The van der Waals surface area contributed by atoms with E-state index in [0.717, 1.165) is 34.2 Å². The van der Waals surface area contributed by atoms with E-state index in [4.69, 9.17) is 4.74 Å². The highest BCUT2D eigenvalue weighted by Gasteiger charge is 2.17. The highest BCUT2D eigenvalue weighted by Crippen LogP contribution is 2.28. The van der Waals surface area contributed by atoms with Gasteiger partial charge in [0.2, 0.25) is 0 Å². The molecule has 29 heavy (non-hydrogen) atoms. The molecule has 0 aliphatic carbocycles. The fourth-order valence-electron chi connectivity index (χ4n) is 3.23. The molecule has 2 aromatic heterocycles. The van der Waals surface area contributed by atoms with E-state index < -0.39 is 5.97 Å². The molecule has 0 saturated carbocycles. The number of ether oxygens (including phenoxy) is 1. The summed E-state index contributed by atoms with van der Waals surface area (Å²) in [6.07, 6.45) is 2.44. The number of aromatic nitrogens is 1. The molecule has 3 aromatic rings. The van der Waals surface area contributed by atoms with Crippen molar-refractivity contribution in [3.63, 3.8) is 0 Å². The summed E-state index contributed by atoms with van der Waals surface area (Å²) in [4.78, 5) is 32.0. The second-order valence-corrected chi connectivity index (χ2v) is 8.64. The Morgan fingerprint density at radius 2 is 2.03 bits per heavy atom. The number of carbonyl (C=O) groups is 2. The Balaban J connectivity index is 1.31. The fraction of sp³-hybridized carbons (Fsp3) is 0.286. The van der Waals surface area contributed by atoms with Gasteiger partial charge in [0.15, 0.2) is 12.3 Å². The molecule has 0 radical (unpaired) electrons. The molecule has 0 bridgehead atoms. The molecule has 4 rings (SSSR count). The summed E-state index contributed by atoms with van der Waals surface area (Å²) in [6.45, 7) is 3.76. The van der Waals surface area contributed by atoms with Gasteiger partial charge in [-0.3, -0.25) is 4.79 Å². The molecular weight excluding hydrogens is 406 g/mol. The summed E-state index contributed by atoms with van der Waals surface area (Å²) in [5.74, 6) is -0.968. The molecule has 1 amide bonds. The van der Waals surface area contributed by atoms with E-state index in [1.165, 1.54) is 29.9 Å². The van der Waals surface area contributed by atoms with Crippen LogP contribution in [0, 0.1) is 6.92 Å². The van der Waals surface area contributed by atoms with Crippen molar-refractivity contribution in [1.29, 1.82) is 0 Å². The van der Waals surface area contributed by atoms with E-state index in [2.05, 4.69) is 21.3 Å². The molecule has 0 atom stereocenters. The summed E-state index contributed by atoms with van der Waals surface area (Å²) in [7, 11) is 0. The number of thiazole rings is 1. The van der Waals surface area contributed by atoms with Gasteiger partial charge < -0.3 is 15.0 Å². The van der Waals surface area contributed by atoms with Gasteiger partial charge in [0, 0.05) is 29.8 Å². The second kappa shape index (κ2) is 8.75. The molecule has 3 heterocycles. The Hall–Kier alpha value is -2.71. The maximum atomic E-state index is 12.2. The monoisotopic (exact) mass is 427 g/mol. The predicted octanol–water partition coefficient (Wildman–Crippen LogP) is 4.58. The highest BCUT2D eigenvalue weighted by molar-refractivity contribution is 7.20. The Kier molecular flexibility index (Phi) is 5.92. The van der Waals surface area contributed by atoms with Gasteiger partial charge in [-0.05, 0) is 55.0 Å². The van der Waals surface area contributed by atoms with Crippen molar-refractivity contribution in [2.75, 3.05) is 29.9 Å². The number of benzene rings is 1. The van der Waals surface area contributed by atoms with Crippen LogP contribution in [-0.2, 0) is 9.53 Å². The Labute approximate surface area is 177 Å². The molecule has 150 valence electrons. The van der Waals surface area contributed by atoms with Crippen LogP contribution in [0.4, 0.5) is 11.4 Å². The third-order valence-corrected chi connectivity index (χ3v) is 6.62. The lowest BCUT2D eigenvalue weighted by Gasteiger charge is -2.19. The van der Waals surface area contributed by atoms with E-state index in [9.17, 15) is 9.59 Å². The molecular formula is C21H21N3O3S2. The zero-order chi connectivity index (χ0) is 20.2. The van der Waals surface area contributed by atoms with Gasteiger partial charge in [-0.2, -0.15) is 0 Å². The molecule has 8 heteroatoms. The van der Waals surface area contributed by atoms with Crippen LogP contribution in [0.1, 0.15) is 28.9 Å². The first kappa shape index (κ1) is 19.6. The van der Waals surface area contributed by atoms with Crippen molar-refractivity contribution < 1.29 is 14.3 Å². The normalized spacial score (nSPS) is 13.5. The number of nitrogens with one attached hydrogen (secondary N) is 1. The number of carbonyl (C=O) groups excluding carboxylic acids is 2. The van der Waals surface area contributed by atoms with E-state index >= 15 is 0 Å². The van der Waals surface area contributed by atoms with Gasteiger partial charge in [-0.25, -0.2) is 9.78 Å². The van der Waals surface area contributed by atoms with Crippen LogP contribution in [0.15, 0.2) is 41.1 Å². The molecule has 1 aliphatic rings. The van der Waals surface area contributed by atoms with Crippen molar-refractivity contribution in [3.05, 3.63) is 52.3 Å². The van der Waals surface area contributed by atoms with Gasteiger partial charge >= 0.3 is 5.97 Å². The van der Waals surface area contributed by atoms with Gasteiger partial charge in [0.25, 0.3) is 5.91 Å². The minimum atomic E-state index is -0.597. The first-order valence-electron chi connectivity index (χ1n) is 9.42. The number of rotatable bonds is 6. The predicted molar refractivity (Wildman–Crippen MR) is 117 cm³/mol. The maximum absolute atomic E-state index is 12.2. The number of amides is 1. The SMILES string of the molecule is Cc1cc(N2CCCC2)ccc1NC(=O)COC(=O)c1csc(-c2cccs2)n1. The standard InChI is InChI=1S/C21H21N3O3S2/c1-14-11-15(24-8-2-3-9-24)6-7-16(14)22-19(25)12-27-21(26)17-13-29-20(23-17)18-5-4-10-28-18/h4-7,10-11,13H,2-3,8-9,12H2,1H3,(H,22,25). The van der Waals surface area contributed by atoms with Crippen molar-refractivity contribution in [2.45, 2.75) is 19.8 Å². The molecule has 1 saturated heterocycles. The lowest BCUT2D eigenvalue weighted by molar-refractivity contribution is -0.119. The lowest BCUT2D eigenvalue weighted by Crippen LogP contribution is -2.22. The third kappa shape index (κ3) is 4.65. The third-order valence-electron chi connectivity index (χ3n) is 4.73. The van der Waals surface area contributed by atoms with Crippen molar-refractivity contribution in [1.82, 2.24) is 4.98 Å². The molecule has 1 aliphatic heterocycles. The smallest absolute Gasteiger partial charge is 0.358 e. The van der Waals surface area contributed by atoms with Crippen molar-refractivity contribution in [2.24, 2.45) is 0 Å². The maximum Gasteiger partial charge on any atom is 0.358 e. The van der Waals surface area contributed by atoms with E-state index in [1.54, 1.807) is 16.7 Å². The van der Waals surface area contributed by atoms with Gasteiger partial charge in [0.1, 0.15) is 5.01 Å². The summed E-state index contributed by atoms with van der Waals surface area (Å²) < 4.78 is 5.13. The number of hydrogen-bond acceptors (Lipinski definition) is 7. The van der Waals surface area contributed by atoms with E-state index in [1.807, 2.05) is 36.6 Å². The first-order valence-corrected chi connectivity index (χ1v) is 11.2. The Morgan fingerprint density at radius 3 is 2.76 bits per heavy atom. The molecule has 6 nitrogen and oxygen atoms in total. The quantitative estimate of drug-likeness (QED) is 0.583. The summed E-state index contributed by atoms with van der Waals surface area (Å²) in [5, 5.41) is 7.19. The Bertz CT molecular complexity index is 1010. The zero-order valence-corrected chi connectivity index (χ0v) is 17.6.